The van der Waals surface area contributed by atoms with Crippen LogP contribution in [0.15, 0.2) is 6.07 Å². The summed E-state index contributed by atoms with van der Waals surface area (Å²) < 4.78 is 24.8. The van der Waals surface area contributed by atoms with Gasteiger partial charge >= 0.3 is 0 Å². The van der Waals surface area contributed by atoms with E-state index < -0.39 is 6.43 Å². The summed E-state index contributed by atoms with van der Waals surface area (Å²) in [7, 11) is 0. The van der Waals surface area contributed by atoms with Gasteiger partial charge in [0.05, 0.1) is 3.57 Å². The van der Waals surface area contributed by atoms with Gasteiger partial charge in [-0.05, 0) is 28.7 Å². The molecule has 0 aliphatic heterocycles. The molecule has 1 rings (SSSR count). The summed E-state index contributed by atoms with van der Waals surface area (Å²) in [4.78, 5) is 3.60. The first-order valence-corrected chi connectivity index (χ1v) is 4.56. The van der Waals surface area contributed by atoms with Crippen LogP contribution in [0.2, 0.25) is 5.15 Å². The smallest absolute Gasteiger partial charge is 0.224 e. The zero-order valence-corrected chi connectivity index (χ0v) is 8.97. The minimum atomic E-state index is -2.64. The Balaban J connectivity index is 3.35. The molecule has 6 heteroatoms. The van der Waals surface area contributed by atoms with Crippen LogP contribution in [0, 0.1) is 14.9 Å². The number of pyridine rings is 1. The van der Waals surface area contributed by atoms with E-state index in [9.17, 15) is 8.78 Å². The van der Waals surface area contributed by atoms with Gasteiger partial charge in [0.25, 0.3) is 6.43 Å². The quantitative estimate of drug-likeness (QED) is 0.590. The molecule has 0 aliphatic carbocycles. The number of nitrogens with zero attached hydrogens (tertiary/aromatic N) is 2. The van der Waals surface area contributed by atoms with Crippen molar-refractivity contribution in [2.45, 2.75) is 6.43 Å². The molecule has 0 aliphatic rings. The first-order chi connectivity index (χ1) is 6.06. The third-order valence-corrected chi connectivity index (χ3v) is 3.02. The van der Waals surface area contributed by atoms with E-state index in [2.05, 4.69) is 4.98 Å². The number of rotatable bonds is 1. The fourth-order valence-electron chi connectivity index (χ4n) is 0.733. The van der Waals surface area contributed by atoms with Crippen molar-refractivity contribution >= 4 is 34.2 Å². The SMILES string of the molecule is N#Cc1cc(C(F)F)c(I)c(Cl)n1. The molecular weight excluding hydrogens is 312 g/mol. The lowest BCUT2D eigenvalue weighted by Crippen LogP contribution is -1.95. The molecule has 1 aromatic heterocycles. The third kappa shape index (κ3) is 2.25. The van der Waals surface area contributed by atoms with E-state index in [4.69, 9.17) is 16.9 Å². The van der Waals surface area contributed by atoms with Crippen molar-refractivity contribution in [3.63, 3.8) is 0 Å². The van der Waals surface area contributed by atoms with E-state index in [1.54, 1.807) is 28.7 Å². The Morgan fingerprint density at radius 1 is 1.62 bits per heavy atom. The third-order valence-electron chi connectivity index (χ3n) is 1.30. The Bertz CT molecular complexity index is 375. The molecule has 13 heavy (non-hydrogen) atoms. The predicted molar refractivity (Wildman–Crippen MR) is 51.6 cm³/mol. The molecule has 0 aromatic carbocycles. The Hall–Kier alpha value is -0.480. The van der Waals surface area contributed by atoms with Gasteiger partial charge in [-0.1, -0.05) is 11.6 Å². The maximum absolute atomic E-state index is 12.3. The number of halogens is 4. The van der Waals surface area contributed by atoms with Gasteiger partial charge in [0.2, 0.25) is 0 Å². The van der Waals surface area contributed by atoms with E-state index in [0.29, 0.717) is 0 Å². The Labute approximate surface area is 91.7 Å². The number of hydrogen-bond acceptors (Lipinski definition) is 2. The lowest BCUT2D eigenvalue weighted by Gasteiger charge is -2.04. The first-order valence-electron chi connectivity index (χ1n) is 3.10. The zero-order valence-electron chi connectivity index (χ0n) is 6.06. The minimum absolute atomic E-state index is 0.0602. The molecule has 0 amide bonds. The highest BCUT2D eigenvalue weighted by Gasteiger charge is 2.16. The highest BCUT2D eigenvalue weighted by atomic mass is 127. The van der Waals surface area contributed by atoms with Crippen LogP contribution >= 0.6 is 34.2 Å². The molecule has 0 N–H and O–H groups in total. The summed E-state index contributed by atoms with van der Waals surface area (Å²) in [5.74, 6) is 0. The predicted octanol–water partition coefficient (Wildman–Crippen LogP) is 3.15. The van der Waals surface area contributed by atoms with Crippen LogP contribution in [-0.4, -0.2) is 4.98 Å². The van der Waals surface area contributed by atoms with Crippen LogP contribution < -0.4 is 0 Å². The monoisotopic (exact) mass is 314 g/mol. The summed E-state index contributed by atoms with van der Waals surface area (Å²) in [6, 6.07) is 2.70. The van der Waals surface area contributed by atoms with E-state index in [1.165, 1.54) is 0 Å². The molecule has 0 saturated heterocycles. The van der Waals surface area contributed by atoms with Crippen LogP contribution in [-0.2, 0) is 0 Å². The van der Waals surface area contributed by atoms with Crippen LogP contribution in [0.5, 0.6) is 0 Å². The van der Waals surface area contributed by atoms with Crippen molar-refractivity contribution in [3.8, 4) is 6.07 Å². The van der Waals surface area contributed by atoms with Crippen molar-refractivity contribution in [1.29, 1.82) is 5.26 Å². The van der Waals surface area contributed by atoms with Gasteiger partial charge in [0, 0.05) is 5.56 Å². The summed E-state index contributed by atoms with van der Waals surface area (Å²) in [5, 5.41) is 8.38. The molecule has 0 atom stereocenters. The Kier molecular flexibility index (Phi) is 3.39. The molecule has 1 heterocycles. The molecule has 1 aromatic rings. The van der Waals surface area contributed by atoms with E-state index in [1.807, 2.05) is 0 Å². The average Bonchev–Trinajstić information content (AvgIpc) is 2.09. The Morgan fingerprint density at radius 2 is 2.23 bits per heavy atom. The van der Waals surface area contributed by atoms with Crippen LogP contribution in [0.4, 0.5) is 8.78 Å². The second-order valence-electron chi connectivity index (χ2n) is 2.11. The largest absolute Gasteiger partial charge is 0.265 e. The van der Waals surface area contributed by atoms with Crippen LogP contribution in [0.1, 0.15) is 17.7 Å². The molecule has 0 bridgehead atoms. The number of hydrogen-bond donors (Lipinski definition) is 0. The molecule has 0 saturated carbocycles. The molecule has 0 spiro atoms. The average molecular weight is 314 g/mol. The van der Waals surface area contributed by atoms with Crippen molar-refractivity contribution in [2.24, 2.45) is 0 Å². The van der Waals surface area contributed by atoms with E-state index in [0.717, 1.165) is 6.07 Å². The maximum atomic E-state index is 12.3. The van der Waals surface area contributed by atoms with Gasteiger partial charge in [0.1, 0.15) is 16.9 Å². The molecule has 0 fully saturated rings. The second kappa shape index (κ2) is 4.15. The van der Waals surface area contributed by atoms with Gasteiger partial charge in [-0.25, -0.2) is 13.8 Å². The van der Waals surface area contributed by atoms with Crippen molar-refractivity contribution in [2.75, 3.05) is 0 Å². The molecular formula is C7H2ClF2IN2. The summed E-state index contributed by atoms with van der Waals surface area (Å²) in [5.41, 5.74) is -0.349. The topological polar surface area (TPSA) is 36.7 Å². The van der Waals surface area contributed by atoms with Gasteiger partial charge < -0.3 is 0 Å². The van der Waals surface area contributed by atoms with Crippen LogP contribution in [0.25, 0.3) is 0 Å². The lowest BCUT2D eigenvalue weighted by molar-refractivity contribution is 0.150. The highest BCUT2D eigenvalue weighted by Crippen LogP contribution is 2.28. The molecule has 0 unspecified atom stereocenters. The van der Waals surface area contributed by atoms with Crippen molar-refractivity contribution in [1.82, 2.24) is 4.98 Å². The molecule has 0 radical (unpaired) electrons. The Morgan fingerprint density at radius 3 is 2.69 bits per heavy atom. The van der Waals surface area contributed by atoms with Crippen LogP contribution in [0.3, 0.4) is 0 Å². The van der Waals surface area contributed by atoms with Gasteiger partial charge in [-0.2, -0.15) is 5.26 Å². The minimum Gasteiger partial charge on any atom is -0.224 e. The summed E-state index contributed by atoms with van der Waals surface area (Å²) in [6.07, 6.45) is -2.64. The fourth-order valence-corrected chi connectivity index (χ4v) is 1.44. The lowest BCUT2D eigenvalue weighted by atomic mass is 10.2. The summed E-state index contributed by atoms with van der Waals surface area (Å²) in [6.45, 7) is 0. The van der Waals surface area contributed by atoms with Crippen molar-refractivity contribution < 1.29 is 8.78 Å². The number of alkyl halides is 2. The summed E-state index contributed by atoms with van der Waals surface area (Å²) >= 11 is 7.21. The van der Waals surface area contributed by atoms with Gasteiger partial charge in [-0.15, -0.1) is 0 Å². The fraction of sp³-hybridized carbons (Fsp3) is 0.143. The molecule has 2 nitrogen and oxygen atoms in total. The molecule has 68 valence electrons. The first kappa shape index (κ1) is 10.6. The van der Waals surface area contributed by atoms with Crippen molar-refractivity contribution in [3.05, 3.63) is 26.0 Å². The van der Waals surface area contributed by atoms with Gasteiger partial charge in [0.15, 0.2) is 0 Å². The van der Waals surface area contributed by atoms with E-state index in [-0.39, 0.29) is 20.0 Å². The zero-order chi connectivity index (χ0) is 10.0. The van der Waals surface area contributed by atoms with E-state index >= 15 is 0 Å². The second-order valence-corrected chi connectivity index (χ2v) is 3.55. The standard InChI is InChI=1S/C7H2ClF2IN2/c8-6-5(11)4(7(9)10)1-3(2-12)13-6/h1,7H. The van der Waals surface area contributed by atoms with Gasteiger partial charge in [-0.3, -0.25) is 0 Å². The maximum Gasteiger partial charge on any atom is 0.265 e. The number of aromatic nitrogens is 1. The highest BCUT2D eigenvalue weighted by molar-refractivity contribution is 14.1. The number of nitriles is 1. The normalized spacial score (nSPS) is 10.2.